The molecule has 0 N–H and O–H groups in total. The molecular formula is C81H110O24. The zero-order valence-electron chi connectivity index (χ0n) is 62.6. The summed E-state index contributed by atoms with van der Waals surface area (Å²) in [6, 6.07) is 0. The largest absolute Gasteiger partial charge is 0.459 e. The summed E-state index contributed by atoms with van der Waals surface area (Å²) in [6.45, 7) is 15.6. The maximum absolute atomic E-state index is 13.9. The molecule has 0 aromatic rings. The first-order valence-corrected chi connectivity index (χ1v) is 40.7. The van der Waals surface area contributed by atoms with Gasteiger partial charge in [-0.2, -0.15) is 0 Å². The molecule has 18 fully saturated rings. The van der Waals surface area contributed by atoms with Crippen LogP contribution < -0.4 is 0 Å². The summed E-state index contributed by atoms with van der Waals surface area (Å²) in [5, 5.41) is 0. The molecule has 0 amide bonds. The van der Waals surface area contributed by atoms with Gasteiger partial charge in [0, 0.05) is 41.4 Å². The van der Waals surface area contributed by atoms with E-state index in [0.29, 0.717) is 68.1 Å². The van der Waals surface area contributed by atoms with Crippen LogP contribution in [0.25, 0.3) is 0 Å². The highest BCUT2D eigenvalue weighted by molar-refractivity contribution is 5.89. The fraction of sp³-hybridized carbons (Fsp3) is 0.852. The number of ether oxygens (including phenoxy) is 12. The number of esters is 12. The van der Waals surface area contributed by atoms with E-state index in [1.807, 2.05) is 27.7 Å². The van der Waals surface area contributed by atoms with Crippen LogP contribution in [0.15, 0.2) is 0 Å². The van der Waals surface area contributed by atoms with Crippen molar-refractivity contribution in [3.05, 3.63) is 0 Å². The molecule has 28 unspecified atom stereocenters. The molecule has 18 rings (SSSR count). The quantitative estimate of drug-likeness (QED) is 0.0493. The molecule has 0 radical (unpaired) electrons. The molecule has 3 aliphatic heterocycles. The average molecular weight is 1470 g/mol. The summed E-state index contributed by atoms with van der Waals surface area (Å²) >= 11 is 0. The van der Waals surface area contributed by atoms with Gasteiger partial charge in [-0.1, -0.05) is 62.3 Å². The van der Waals surface area contributed by atoms with E-state index in [2.05, 4.69) is 13.8 Å². The van der Waals surface area contributed by atoms with E-state index in [9.17, 15) is 57.5 Å². The molecule has 14 bridgehead atoms. The molecule has 0 aromatic carbocycles. The maximum atomic E-state index is 13.9. The number of rotatable bonds is 24. The van der Waals surface area contributed by atoms with Gasteiger partial charge in [-0.15, -0.1) is 0 Å². The van der Waals surface area contributed by atoms with Crippen molar-refractivity contribution in [1.29, 1.82) is 0 Å². The minimum absolute atomic E-state index is 0.141. The first kappa shape index (κ1) is 74.1. The van der Waals surface area contributed by atoms with E-state index in [-0.39, 0.29) is 83.1 Å². The minimum atomic E-state index is -0.707. The lowest BCUT2D eigenvalue weighted by molar-refractivity contribution is -0.218. The van der Waals surface area contributed by atoms with Gasteiger partial charge in [-0.25, -0.2) is 14.4 Å². The molecule has 0 aromatic heterocycles. The molecule has 0 spiro atoms. The highest BCUT2D eigenvalue weighted by atomic mass is 16.6. The van der Waals surface area contributed by atoms with Crippen LogP contribution in [0.3, 0.4) is 0 Å². The number of carbonyl (C=O) groups is 12. The second kappa shape index (κ2) is 28.6. The summed E-state index contributed by atoms with van der Waals surface area (Å²) in [5.41, 5.74) is -1.32. The Balaban J connectivity index is 0.000000127. The third-order valence-corrected chi connectivity index (χ3v) is 30.9. The van der Waals surface area contributed by atoms with Crippen LogP contribution in [-0.2, 0) is 114 Å². The molecule has 105 heavy (non-hydrogen) atoms. The normalized spacial score (nSPS) is 44.0. The van der Waals surface area contributed by atoms with Gasteiger partial charge in [0.05, 0.1) is 53.3 Å². The Morgan fingerprint density at radius 1 is 0.429 bits per heavy atom. The predicted octanol–water partition coefficient (Wildman–Crippen LogP) is 9.69. The monoisotopic (exact) mass is 1470 g/mol. The van der Waals surface area contributed by atoms with Crippen LogP contribution in [0, 0.1) is 148 Å². The van der Waals surface area contributed by atoms with Crippen molar-refractivity contribution in [2.45, 2.75) is 263 Å². The topological polar surface area (TPSA) is 316 Å². The van der Waals surface area contributed by atoms with Crippen LogP contribution in [0.5, 0.6) is 0 Å². The molecule has 3 heterocycles. The standard InChI is InChI=1S/C30H40O8.C28H38O8.C23H32O8/c1-4-13(3)27(32)35-12-20(31)36-25-18-10-17-23(28(33)37-26(17)25)24(18)29(34)38-30(5-2)11-16-9-19(30)22-15-7-6-14(8-15)21(16)22;1-4-13(3)25(30)33-12-20(29)34-23-19-11-18-21(26(31)35-24(18)23)22(19)27(32)36-28(5-2)16-7-14-6-15(9-16)10-17(28)8-14;1-4-12(3)20(25)28-11-15(24)29-18-14-10-13-16(21(26)30-19(13)18)17(14)22(27)31-23(5-2)8-6-7-9-23/h13-19,21-26H,4-12H2,1-3H3;13-19,21-24H,4-12H2,1-3H3;12-14,16-19H,4-11H2,1-3H3. The number of hydrogen-bond donors (Lipinski definition) is 0. The Morgan fingerprint density at radius 2 is 0.819 bits per heavy atom. The van der Waals surface area contributed by atoms with E-state index in [1.54, 1.807) is 20.8 Å². The van der Waals surface area contributed by atoms with E-state index >= 15 is 0 Å². The van der Waals surface area contributed by atoms with Gasteiger partial charge in [0.25, 0.3) is 0 Å². The number of fused-ring (bicyclic) bond motifs is 12. The van der Waals surface area contributed by atoms with Crippen LogP contribution >= 0.6 is 0 Å². The van der Waals surface area contributed by atoms with Gasteiger partial charge in [-0.3, -0.25) is 43.2 Å². The molecular weight excluding hydrogens is 1360 g/mol. The Hall–Kier alpha value is -6.36. The van der Waals surface area contributed by atoms with Crippen LogP contribution in [0.1, 0.15) is 210 Å². The number of carbonyl (C=O) groups excluding carboxylic acids is 12. The van der Waals surface area contributed by atoms with Crippen molar-refractivity contribution in [1.82, 2.24) is 0 Å². The highest BCUT2D eigenvalue weighted by Gasteiger charge is 2.75. The van der Waals surface area contributed by atoms with Crippen molar-refractivity contribution < 1.29 is 114 Å². The molecule has 15 saturated carbocycles. The Bertz CT molecular complexity index is 3440. The third kappa shape index (κ3) is 12.5. The molecule has 28 atom stereocenters. The molecule has 24 nitrogen and oxygen atoms in total. The summed E-state index contributed by atoms with van der Waals surface area (Å²) < 4.78 is 68.1. The van der Waals surface area contributed by atoms with Crippen molar-refractivity contribution in [3.63, 3.8) is 0 Å². The SMILES string of the molecule is CCC(C)C(=O)OCC(=O)OC1C2CC3C1OC(=O)C3C2C(=O)OC1(CC)C2CC3CC(C2)CC1C3.CCC(C)C(=O)OCC(=O)OC1C2CC3C1OC(=O)C3C2C(=O)OC1(CC)CC2CC1C1C3CCC(C3)C21.CCC(C)C(=O)OCC(=O)OC1C2CC3C1OC(=O)C3C2C(=O)OC1(CC)CCCC1. The summed E-state index contributed by atoms with van der Waals surface area (Å²) in [5.74, 6) is -4.74. The lowest BCUT2D eigenvalue weighted by atomic mass is 9.49. The van der Waals surface area contributed by atoms with Gasteiger partial charge >= 0.3 is 71.6 Å². The summed E-state index contributed by atoms with van der Waals surface area (Å²) in [4.78, 5) is 152. The van der Waals surface area contributed by atoms with Gasteiger partial charge in [0.2, 0.25) is 0 Å². The van der Waals surface area contributed by atoms with E-state index in [4.69, 9.17) is 56.8 Å². The molecule has 3 saturated heterocycles. The Kier molecular flexibility index (Phi) is 20.2. The summed E-state index contributed by atoms with van der Waals surface area (Å²) in [6.07, 6.45) is 18.0. The lowest BCUT2D eigenvalue weighted by Crippen LogP contribution is -2.60. The third-order valence-electron chi connectivity index (χ3n) is 30.9. The first-order valence-electron chi connectivity index (χ1n) is 40.7. The second-order valence-electron chi connectivity index (χ2n) is 35.5. The lowest BCUT2D eigenvalue weighted by Gasteiger charge is -2.60. The van der Waals surface area contributed by atoms with E-state index < -0.39 is 151 Å². The van der Waals surface area contributed by atoms with E-state index in [1.165, 1.54) is 32.1 Å². The fourth-order valence-corrected chi connectivity index (χ4v) is 25.7. The molecule has 18 aliphatic rings. The maximum Gasteiger partial charge on any atom is 0.344 e. The Labute approximate surface area is 614 Å². The zero-order valence-corrected chi connectivity index (χ0v) is 62.6. The molecule has 24 heteroatoms. The van der Waals surface area contributed by atoms with Crippen molar-refractivity contribution >= 4 is 71.6 Å². The fourth-order valence-electron chi connectivity index (χ4n) is 25.7. The molecule has 578 valence electrons. The zero-order chi connectivity index (χ0) is 74.2. The van der Waals surface area contributed by atoms with E-state index in [0.717, 1.165) is 107 Å². The first-order chi connectivity index (χ1) is 50.3. The van der Waals surface area contributed by atoms with Crippen LogP contribution in [0.2, 0.25) is 0 Å². The number of hydrogen-bond acceptors (Lipinski definition) is 24. The van der Waals surface area contributed by atoms with Gasteiger partial charge in [0.15, 0.2) is 19.8 Å². The second-order valence-corrected chi connectivity index (χ2v) is 35.5. The van der Waals surface area contributed by atoms with Gasteiger partial charge < -0.3 is 56.8 Å². The van der Waals surface area contributed by atoms with Crippen LogP contribution in [-0.4, -0.2) is 145 Å². The van der Waals surface area contributed by atoms with Crippen LogP contribution in [0.4, 0.5) is 0 Å². The van der Waals surface area contributed by atoms with Crippen molar-refractivity contribution in [2.24, 2.45) is 148 Å². The Morgan fingerprint density at radius 3 is 1.20 bits per heavy atom. The predicted molar refractivity (Wildman–Crippen MR) is 363 cm³/mol. The highest BCUT2D eigenvalue weighted by Crippen LogP contribution is 2.72. The van der Waals surface area contributed by atoms with Crippen molar-refractivity contribution in [3.8, 4) is 0 Å². The molecule has 15 aliphatic carbocycles. The summed E-state index contributed by atoms with van der Waals surface area (Å²) in [7, 11) is 0. The average Bonchev–Trinajstić information content (AvgIpc) is 1.52. The minimum Gasteiger partial charge on any atom is -0.459 e. The van der Waals surface area contributed by atoms with Crippen molar-refractivity contribution in [2.75, 3.05) is 19.8 Å². The van der Waals surface area contributed by atoms with Gasteiger partial charge in [0.1, 0.15) is 53.4 Å². The van der Waals surface area contributed by atoms with Gasteiger partial charge in [-0.05, 0) is 201 Å². The smallest absolute Gasteiger partial charge is 0.344 e.